The molecule has 0 rings (SSSR count). The average molecular weight is 429 g/mol. The first-order valence-corrected chi connectivity index (χ1v) is 12.0. The fraction of sp³-hybridized carbons (Fsp3) is 0.875. The van der Waals surface area contributed by atoms with Gasteiger partial charge in [0.15, 0.2) is 5.92 Å². The van der Waals surface area contributed by atoms with E-state index in [9.17, 15) is 14.4 Å². The van der Waals surface area contributed by atoms with Crippen molar-refractivity contribution in [3.05, 3.63) is 0 Å². The smallest absolute Gasteiger partial charge is 0.317 e. The molecule has 0 saturated carbocycles. The molecule has 0 aromatic carbocycles. The molecule has 0 spiro atoms. The fourth-order valence-corrected chi connectivity index (χ4v) is 3.62. The van der Waals surface area contributed by atoms with E-state index in [0.29, 0.717) is 25.4 Å². The second-order valence-corrected chi connectivity index (χ2v) is 8.43. The lowest BCUT2D eigenvalue weighted by Gasteiger charge is -2.16. The van der Waals surface area contributed by atoms with Gasteiger partial charge in [-0.1, -0.05) is 84.5 Å². The summed E-state index contributed by atoms with van der Waals surface area (Å²) in [4.78, 5) is 33.6. The van der Waals surface area contributed by atoms with Crippen LogP contribution in [0.25, 0.3) is 0 Å². The molecule has 176 valence electrons. The summed E-state index contributed by atoms with van der Waals surface area (Å²) in [6.07, 6.45) is 15.3. The van der Waals surface area contributed by atoms with Gasteiger partial charge in [0.05, 0.1) is 6.61 Å². The lowest BCUT2D eigenvalue weighted by molar-refractivity contribution is -0.155. The second-order valence-electron chi connectivity index (χ2n) is 8.43. The molecule has 6 heteroatoms. The Bertz CT molecular complexity index is 449. The Morgan fingerprint density at radius 1 is 0.667 bits per heavy atom. The molecule has 1 atom stereocenters. The Hall–Kier alpha value is -1.59. The number of carbonyl (C=O) groups excluding carboxylic acids is 1. The maximum Gasteiger partial charge on any atom is 0.317 e. The van der Waals surface area contributed by atoms with Gasteiger partial charge in [-0.25, -0.2) is 0 Å². The van der Waals surface area contributed by atoms with E-state index in [1.165, 1.54) is 38.5 Å². The standard InChI is InChI=1S/C24H44O6/c1-3-5-7-12-16-20(15-6-4-2)19-30-22(25)18-14-11-9-8-10-13-17-21(23(26)27)24(28)29/h20-21H,3-19H2,1-2H3,(H,26,27)(H,28,29). The molecule has 1 unspecified atom stereocenters. The van der Waals surface area contributed by atoms with E-state index in [-0.39, 0.29) is 12.4 Å². The van der Waals surface area contributed by atoms with Crippen molar-refractivity contribution in [3.63, 3.8) is 0 Å². The molecule has 0 aliphatic rings. The van der Waals surface area contributed by atoms with Gasteiger partial charge in [0, 0.05) is 6.42 Å². The number of ether oxygens (including phenoxy) is 1. The summed E-state index contributed by atoms with van der Waals surface area (Å²) >= 11 is 0. The fourth-order valence-electron chi connectivity index (χ4n) is 3.62. The molecule has 0 aliphatic heterocycles. The van der Waals surface area contributed by atoms with Gasteiger partial charge in [-0.15, -0.1) is 0 Å². The van der Waals surface area contributed by atoms with Crippen LogP contribution >= 0.6 is 0 Å². The normalized spacial score (nSPS) is 12.1. The van der Waals surface area contributed by atoms with Crippen molar-refractivity contribution in [2.24, 2.45) is 11.8 Å². The van der Waals surface area contributed by atoms with Crippen LogP contribution in [0.15, 0.2) is 0 Å². The number of carboxylic acids is 2. The zero-order valence-electron chi connectivity index (χ0n) is 19.2. The molecule has 30 heavy (non-hydrogen) atoms. The van der Waals surface area contributed by atoms with Crippen molar-refractivity contribution >= 4 is 17.9 Å². The van der Waals surface area contributed by atoms with Crippen molar-refractivity contribution < 1.29 is 29.3 Å². The highest BCUT2D eigenvalue weighted by Gasteiger charge is 2.24. The highest BCUT2D eigenvalue weighted by atomic mass is 16.5. The first-order chi connectivity index (χ1) is 14.4. The molecule has 0 heterocycles. The number of esters is 1. The van der Waals surface area contributed by atoms with Crippen LogP contribution in [0.4, 0.5) is 0 Å². The summed E-state index contributed by atoms with van der Waals surface area (Å²) in [5.74, 6) is -3.44. The minimum Gasteiger partial charge on any atom is -0.481 e. The monoisotopic (exact) mass is 428 g/mol. The van der Waals surface area contributed by atoms with Crippen LogP contribution in [0.1, 0.15) is 117 Å². The lowest BCUT2D eigenvalue weighted by Crippen LogP contribution is -2.23. The van der Waals surface area contributed by atoms with Crippen LogP contribution in [0.5, 0.6) is 0 Å². The third-order valence-electron chi connectivity index (χ3n) is 5.63. The molecule has 0 amide bonds. The topological polar surface area (TPSA) is 101 Å². The first-order valence-electron chi connectivity index (χ1n) is 12.0. The molecule has 6 nitrogen and oxygen atoms in total. The Balaban J connectivity index is 3.79. The second kappa shape index (κ2) is 19.4. The zero-order valence-corrected chi connectivity index (χ0v) is 19.2. The predicted octanol–water partition coefficient (Wildman–Crippen LogP) is 6.21. The largest absolute Gasteiger partial charge is 0.481 e. The molecule has 0 bridgehead atoms. The Labute approximate surface area is 182 Å². The van der Waals surface area contributed by atoms with Crippen LogP contribution in [0.2, 0.25) is 0 Å². The summed E-state index contributed by atoms with van der Waals surface area (Å²) in [6, 6.07) is 0. The SMILES string of the molecule is CCCCCCC(CCCC)COC(=O)CCCCCCCCC(C(=O)O)C(=O)O. The highest BCUT2D eigenvalue weighted by Crippen LogP contribution is 2.18. The number of hydrogen-bond acceptors (Lipinski definition) is 4. The minimum atomic E-state index is -1.30. The Morgan fingerprint density at radius 3 is 1.77 bits per heavy atom. The van der Waals surface area contributed by atoms with E-state index in [4.69, 9.17) is 14.9 Å². The number of unbranched alkanes of at least 4 members (excludes halogenated alkanes) is 9. The third-order valence-corrected chi connectivity index (χ3v) is 5.63. The summed E-state index contributed by atoms with van der Waals surface area (Å²) < 4.78 is 5.52. The van der Waals surface area contributed by atoms with Gasteiger partial charge in [-0.2, -0.15) is 0 Å². The van der Waals surface area contributed by atoms with Crippen molar-refractivity contribution in [1.82, 2.24) is 0 Å². The molecule has 2 N–H and O–H groups in total. The quantitative estimate of drug-likeness (QED) is 0.128. The van der Waals surface area contributed by atoms with Gasteiger partial charge in [0.25, 0.3) is 0 Å². The van der Waals surface area contributed by atoms with Gasteiger partial charge in [-0.3, -0.25) is 14.4 Å². The molecule has 0 aromatic heterocycles. The van der Waals surface area contributed by atoms with Crippen LogP contribution in [0, 0.1) is 11.8 Å². The van der Waals surface area contributed by atoms with Gasteiger partial charge >= 0.3 is 17.9 Å². The summed E-state index contributed by atoms with van der Waals surface area (Å²) in [5, 5.41) is 17.7. The molecule has 0 aromatic rings. The van der Waals surface area contributed by atoms with Gasteiger partial charge in [-0.05, 0) is 31.6 Å². The molecular formula is C24H44O6. The van der Waals surface area contributed by atoms with Crippen LogP contribution in [0.3, 0.4) is 0 Å². The van der Waals surface area contributed by atoms with E-state index in [1.54, 1.807) is 0 Å². The predicted molar refractivity (Wildman–Crippen MR) is 118 cm³/mol. The zero-order chi connectivity index (χ0) is 22.6. The number of rotatable bonds is 21. The molecular weight excluding hydrogens is 384 g/mol. The van der Waals surface area contributed by atoms with Crippen molar-refractivity contribution in [2.75, 3.05) is 6.61 Å². The number of carboxylic acid groups (broad SMARTS) is 2. The van der Waals surface area contributed by atoms with Crippen LogP contribution in [-0.2, 0) is 19.1 Å². The Kier molecular flexibility index (Phi) is 18.4. The van der Waals surface area contributed by atoms with Crippen molar-refractivity contribution in [3.8, 4) is 0 Å². The Morgan fingerprint density at radius 2 is 1.17 bits per heavy atom. The van der Waals surface area contributed by atoms with Crippen LogP contribution < -0.4 is 0 Å². The first kappa shape index (κ1) is 28.4. The molecule has 0 fully saturated rings. The highest BCUT2D eigenvalue weighted by molar-refractivity contribution is 5.92. The van der Waals surface area contributed by atoms with Gasteiger partial charge in [0.1, 0.15) is 0 Å². The van der Waals surface area contributed by atoms with Crippen molar-refractivity contribution in [1.29, 1.82) is 0 Å². The number of hydrogen-bond donors (Lipinski definition) is 2. The van der Waals surface area contributed by atoms with E-state index in [2.05, 4.69) is 13.8 Å². The summed E-state index contributed by atoms with van der Waals surface area (Å²) in [5.41, 5.74) is 0. The minimum absolute atomic E-state index is 0.101. The molecule has 0 aliphatic carbocycles. The number of carbonyl (C=O) groups is 3. The maximum atomic E-state index is 12.0. The van der Waals surface area contributed by atoms with E-state index < -0.39 is 17.9 Å². The van der Waals surface area contributed by atoms with Crippen LogP contribution in [-0.4, -0.2) is 34.7 Å². The van der Waals surface area contributed by atoms with E-state index in [0.717, 1.165) is 44.9 Å². The summed E-state index contributed by atoms with van der Waals surface area (Å²) in [6.45, 7) is 4.96. The van der Waals surface area contributed by atoms with E-state index in [1.807, 2.05) is 0 Å². The number of aliphatic carboxylic acids is 2. The maximum absolute atomic E-state index is 12.0. The lowest BCUT2D eigenvalue weighted by atomic mass is 9.96. The van der Waals surface area contributed by atoms with Crippen molar-refractivity contribution in [2.45, 2.75) is 117 Å². The summed E-state index contributed by atoms with van der Waals surface area (Å²) in [7, 11) is 0. The molecule has 0 radical (unpaired) electrons. The van der Waals surface area contributed by atoms with Gasteiger partial charge < -0.3 is 14.9 Å². The van der Waals surface area contributed by atoms with Gasteiger partial charge in [0.2, 0.25) is 0 Å². The van der Waals surface area contributed by atoms with E-state index >= 15 is 0 Å². The average Bonchev–Trinajstić information content (AvgIpc) is 2.70. The third kappa shape index (κ3) is 16.2. The molecule has 0 saturated heterocycles.